The monoisotopic (exact) mass is 572 g/mol. The van der Waals surface area contributed by atoms with E-state index in [9.17, 15) is 19.5 Å². The number of fused-ring (bicyclic) bond motifs is 1. The number of hydrogen-bond acceptors (Lipinski definition) is 6. The van der Waals surface area contributed by atoms with E-state index in [0.717, 1.165) is 22.4 Å². The van der Waals surface area contributed by atoms with Crippen LogP contribution in [0.1, 0.15) is 36.5 Å². The molecule has 1 spiro atoms. The van der Waals surface area contributed by atoms with Crippen molar-refractivity contribution in [3.05, 3.63) is 90.5 Å². The second-order valence-corrected chi connectivity index (χ2v) is 11.9. The average Bonchev–Trinajstić information content (AvgIpc) is 3.55. The lowest BCUT2D eigenvalue weighted by Crippen LogP contribution is -2.59. The summed E-state index contributed by atoms with van der Waals surface area (Å²) in [4.78, 5) is 46.2. The van der Waals surface area contributed by atoms with Crippen molar-refractivity contribution in [3.63, 3.8) is 0 Å². The predicted octanol–water partition coefficient (Wildman–Crippen LogP) is 3.92. The van der Waals surface area contributed by atoms with Crippen LogP contribution in [-0.4, -0.2) is 70.8 Å². The molecular formula is C34H40N2O6. The number of aryl methyl sites for hydroxylation is 2. The summed E-state index contributed by atoms with van der Waals surface area (Å²) >= 11 is 0. The number of ether oxygens (including phenoxy) is 2. The molecule has 3 aliphatic rings. The maximum atomic E-state index is 14.9. The number of carbonyl (C=O) groups is 3. The molecule has 6 atom stereocenters. The van der Waals surface area contributed by atoms with Gasteiger partial charge < -0.3 is 24.4 Å². The van der Waals surface area contributed by atoms with Crippen LogP contribution in [0.3, 0.4) is 0 Å². The summed E-state index contributed by atoms with van der Waals surface area (Å²) in [5.41, 5.74) is 1.28. The van der Waals surface area contributed by atoms with Gasteiger partial charge in [-0.25, -0.2) is 0 Å². The smallest absolute Gasteiger partial charge is 0.313 e. The Labute approximate surface area is 247 Å². The van der Waals surface area contributed by atoms with Gasteiger partial charge in [-0.2, -0.15) is 0 Å². The Hall–Kier alpha value is -3.75. The van der Waals surface area contributed by atoms with Crippen LogP contribution in [0.25, 0.3) is 0 Å². The topological polar surface area (TPSA) is 96.4 Å². The maximum Gasteiger partial charge on any atom is 0.313 e. The Balaban J connectivity index is 1.65. The zero-order valence-corrected chi connectivity index (χ0v) is 24.6. The quantitative estimate of drug-likeness (QED) is 0.324. The minimum atomic E-state index is -1.25. The number of benzene rings is 2. The second kappa shape index (κ2) is 11.5. The molecule has 2 aromatic carbocycles. The summed E-state index contributed by atoms with van der Waals surface area (Å²) in [6.07, 6.45) is 4.41. The number of aliphatic hydroxyl groups excluding tert-OH is 1. The van der Waals surface area contributed by atoms with Crippen LogP contribution in [0, 0.1) is 25.7 Å². The molecule has 8 heteroatoms. The molecule has 0 radical (unpaired) electrons. The zero-order chi connectivity index (χ0) is 30.2. The van der Waals surface area contributed by atoms with E-state index in [1.807, 2.05) is 69.3 Å². The van der Waals surface area contributed by atoms with Gasteiger partial charge in [0.25, 0.3) is 5.91 Å². The SMILES string of the molecule is C=CCOC(=O)[C@@H]1[C@H]2C(=O)N([C@@H](CO)Cc3ccccc3)C(C(=O)N(CC=C)c3c(C)cccc3C)C23CC[C@@]1(C)O3. The number of esters is 1. The first-order valence-corrected chi connectivity index (χ1v) is 14.6. The molecule has 2 unspecified atom stereocenters. The normalized spacial score (nSPS) is 28.3. The van der Waals surface area contributed by atoms with E-state index in [4.69, 9.17) is 9.47 Å². The minimum absolute atomic E-state index is 0.0122. The lowest BCUT2D eigenvalue weighted by molar-refractivity contribution is -0.159. The molecule has 3 heterocycles. The fourth-order valence-electron chi connectivity index (χ4n) is 7.56. The van der Waals surface area contributed by atoms with E-state index < -0.39 is 41.1 Å². The number of aliphatic hydroxyl groups is 1. The van der Waals surface area contributed by atoms with Crippen molar-refractivity contribution in [2.45, 2.75) is 63.3 Å². The second-order valence-electron chi connectivity index (χ2n) is 11.9. The van der Waals surface area contributed by atoms with Gasteiger partial charge >= 0.3 is 5.97 Å². The highest BCUT2D eigenvalue weighted by molar-refractivity contribution is 6.05. The number of nitrogens with zero attached hydrogens (tertiary/aromatic N) is 2. The molecule has 5 rings (SSSR count). The molecule has 1 N–H and O–H groups in total. The molecule has 0 aliphatic carbocycles. The van der Waals surface area contributed by atoms with Gasteiger partial charge in [0.05, 0.1) is 24.2 Å². The van der Waals surface area contributed by atoms with Crippen LogP contribution in [0.4, 0.5) is 5.69 Å². The van der Waals surface area contributed by atoms with Crippen LogP contribution in [0.2, 0.25) is 0 Å². The first-order chi connectivity index (χ1) is 20.1. The Morgan fingerprint density at radius 2 is 1.81 bits per heavy atom. The number of carbonyl (C=O) groups excluding carboxylic acids is 3. The Morgan fingerprint density at radius 1 is 1.12 bits per heavy atom. The number of anilines is 1. The molecule has 0 aromatic heterocycles. The molecule has 2 aromatic rings. The van der Waals surface area contributed by atoms with Crippen LogP contribution in [0.15, 0.2) is 73.8 Å². The highest BCUT2D eigenvalue weighted by Crippen LogP contribution is 2.64. The minimum Gasteiger partial charge on any atom is -0.461 e. The Morgan fingerprint density at radius 3 is 2.43 bits per heavy atom. The van der Waals surface area contributed by atoms with Crippen molar-refractivity contribution in [1.82, 2.24) is 4.90 Å². The van der Waals surface area contributed by atoms with Gasteiger partial charge in [0.2, 0.25) is 5.91 Å². The summed E-state index contributed by atoms with van der Waals surface area (Å²) in [7, 11) is 0. The number of amides is 2. The van der Waals surface area contributed by atoms with E-state index in [1.165, 1.54) is 11.0 Å². The van der Waals surface area contributed by atoms with E-state index in [1.54, 1.807) is 11.0 Å². The fourth-order valence-corrected chi connectivity index (χ4v) is 7.56. The lowest BCUT2D eigenvalue weighted by atomic mass is 9.66. The van der Waals surface area contributed by atoms with Crippen LogP contribution >= 0.6 is 0 Å². The zero-order valence-electron chi connectivity index (χ0n) is 24.6. The first kappa shape index (κ1) is 29.7. The maximum absolute atomic E-state index is 14.9. The fraction of sp³-hybridized carbons (Fsp3) is 0.441. The van der Waals surface area contributed by atoms with Crippen molar-refractivity contribution >= 4 is 23.5 Å². The summed E-state index contributed by atoms with van der Waals surface area (Å²) in [6.45, 7) is 13.1. The Bertz CT molecular complexity index is 1370. The summed E-state index contributed by atoms with van der Waals surface area (Å²) in [5.74, 6) is -3.03. The van der Waals surface area contributed by atoms with E-state index in [0.29, 0.717) is 19.3 Å². The Kier molecular flexibility index (Phi) is 8.14. The highest BCUT2D eigenvalue weighted by Gasteiger charge is 2.79. The molecule has 3 saturated heterocycles. The van der Waals surface area contributed by atoms with Gasteiger partial charge in [-0.3, -0.25) is 14.4 Å². The van der Waals surface area contributed by atoms with Gasteiger partial charge in [0.15, 0.2) is 0 Å². The lowest BCUT2D eigenvalue weighted by Gasteiger charge is -2.40. The molecule has 2 bridgehead atoms. The van der Waals surface area contributed by atoms with E-state index >= 15 is 0 Å². The number of para-hydroxylation sites is 1. The molecule has 3 aliphatic heterocycles. The van der Waals surface area contributed by atoms with Crippen molar-refractivity contribution in [3.8, 4) is 0 Å². The van der Waals surface area contributed by atoms with Crippen molar-refractivity contribution in [2.24, 2.45) is 11.8 Å². The van der Waals surface area contributed by atoms with Gasteiger partial charge in [-0.15, -0.1) is 6.58 Å². The molecule has 42 heavy (non-hydrogen) atoms. The van der Waals surface area contributed by atoms with Gasteiger partial charge in [0.1, 0.15) is 24.2 Å². The number of rotatable bonds is 11. The molecule has 2 amide bonds. The van der Waals surface area contributed by atoms with Crippen LogP contribution in [0.5, 0.6) is 0 Å². The third-order valence-corrected chi connectivity index (χ3v) is 9.25. The standard InChI is InChI=1S/C34H40N2O6/c1-6-18-35(28-22(3)12-11-13-23(28)4)31(39)29-34-17-16-33(5,42-34)27(32(40)41-19-7-2)26(34)30(38)36(29)25(21-37)20-24-14-9-8-10-15-24/h6-15,25-27,29,37H,1-2,16-21H2,3-5H3/t25-,26+,27+,29?,33-,34?/m1/s1. The van der Waals surface area contributed by atoms with Crippen LogP contribution < -0.4 is 4.90 Å². The molecule has 222 valence electrons. The van der Waals surface area contributed by atoms with Gasteiger partial charge in [-0.1, -0.05) is 67.3 Å². The molecule has 8 nitrogen and oxygen atoms in total. The van der Waals surface area contributed by atoms with Gasteiger partial charge in [-0.05, 0) is 56.7 Å². The largest absolute Gasteiger partial charge is 0.461 e. The molecular weight excluding hydrogens is 532 g/mol. The van der Waals surface area contributed by atoms with Crippen molar-refractivity contribution in [1.29, 1.82) is 0 Å². The summed E-state index contributed by atoms with van der Waals surface area (Å²) < 4.78 is 12.2. The van der Waals surface area contributed by atoms with Crippen LogP contribution in [-0.2, 0) is 30.3 Å². The highest BCUT2D eigenvalue weighted by atomic mass is 16.6. The average molecular weight is 573 g/mol. The number of likely N-dealkylation sites (tertiary alicyclic amines) is 1. The van der Waals surface area contributed by atoms with E-state index in [-0.39, 0.29) is 31.6 Å². The first-order valence-electron chi connectivity index (χ1n) is 14.6. The third kappa shape index (κ3) is 4.67. The van der Waals surface area contributed by atoms with E-state index in [2.05, 4.69) is 13.2 Å². The third-order valence-electron chi connectivity index (χ3n) is 9.25. The summed E-state index contributed by atoms with van der Waals surface area (Å²) in [5, 5.41) is 10.7. The predicted molar refractivity (Wildman–Crippen MR) is 160 cm³/mol. The number of hydrogen-bond donors (Lipinski definition) is 1. The summed E-state index contributed by atoms with van der Waals surface area (Å²) in [6, 6.07) is 13.6. The van der Waals surface area contributed by atoms with Crippen molar-refractivity contribution in [2.75, 3.05) is 24.7 Å². The molecule has 3 fully saturated rings. The van der Waals surface area contributed by atoms with Crippen molar-refractivity contribution < 1.29 is 29.0 Å². The molecule has 0 saturated carbocycles. The van der Waals surface area contributed by atoms with Gasteiger partial charge in [0, 0.05) is 12.2 Å².